The molecule has 0 bridgehead atoms. The fourth-order valence-electron chi connectivity index (χ4n) is 5.92. The number of amides is 1. The van der Waals surface area contributed by atoms with Gasteiger partial charge in [0.05, 0.1) is 35.0 Å². The molecule has 2 aliphatic rings. The number of imidazole rings is 1. The third-order valence-electron chi connectivity index (χ3n) is 8.75. The van der Waals surface area contributed by atoms with Gasteiger partial charge >= 0.3 is 6.09 Å². The second-order valence-corrected chi connectivity index (χ2v) is 23.9. The lowest BCUT2D eigenvalue weighted by molar-refractivity contribution is 0.00566. The highest BCUT2D eigenvalue weighted by Crippen LogP contribution is 2.47. The summed E-state index contributed by atoms with van der Waals surface area (Å²) in [7, 11) is -5.87. The quantitative estimate of drug-likeness (QED) is 0.124. The van der Waals surface area contributed by atoms with Crippen molar-refractivity contribution in [3.05, 3.63) is 23.5 Å². The fraction of sp³-hybridized carbons (Fsp3) is 0.677. The molecule has 272 valence electrons. The molecule has 1 aliphatic heterocycles. The molecule has 1 saturated carbocycles. The molecule has 3 aromatic rings. The third kappa shape index (κ3) is 7.92. The van der Waals surface area contributed by atoms with Crippen molar-refractivity contribution in [3.63, 3.8) is 0 Å². The van der Waals surface area contributed by atoms with Crippen LogP contribution in [-0.2, 0) is 19.5 Å². The maximum Gasteiger partial charge on any atom is 0.410 e. The first-order chi connectivity index (χ1) is 22.6. The zero-order chi connectivity index (χ0) is 36.3. The number of rotatable bonds is 11. The Labute approximate surface area is 290 Å². The number of hydrogen-bond donors (Lipinski definition) is 0. The van der Waals surface area contributed by atoms with Gasteiger partial charge in [-0.05, 0) is 53.7 Å². The summed E-state index contributed by atoms with van der Waals surface area (Å²) in [6, 6.07) is 1.68. The molecular formula is C31H46F3N7O5S2Si. The Balaban J connectivity index is 1.58. The maximum absolute atomic E-state index is 14.9. The van der Waals surface area contributed by atoms with Gasteiger partial charge in [-0.15, -0.1) is 10.2 Å². The average Bonchev–Trinajstić information content (AvgIpc) is 3.33. The first-order valence-corrected chi connectivity index (χ1v) is 22.2. The Morgan fingerprint density at radius 3 is 2.35 bits per heavy atom. The summed E-state index contributed by atoms with van der Waals surface area (Å²) < 4.78 is 85.0. The number of anilines is 1. The van der Waals surface area contributed by atoms with E-state index in [4.69, 9.17) is 9.47 Å². The summed E-state index contributed by atoms with van der Waals surface area (Å²) in [6.07, 6.45) is -1.75. The maximum atomic E-state index is 14.9. The van der Waals surface area contributed by atoms with E-state index in [0.29, 0.717) is 42.2 Å². The number of halogens is 3. The summed E-state index contributed by atoms with van der Waals surface area (Å²) >= 11 is 0.660. The number of carbonyl (C=O) groups is 1. The van der Waals surface area contributed by atoms with Crippen LogP contribution >= 0.6 is 11.3 Å². The Bertz CT molecular complexity index is 1780. The molecule has 1 amide bonds. The van der Waals surface area contributed by atoms with Crippen LogP contribution < -0.4 is 4.90 Å². The summed E-state index contributed by atoms with van der Waals surface area (Å²) in [5.74, 6) is 0.130. The van der Waals surface area contributed by atoms with E-state index in [2.05, 4.69) is 34.8 Å². The van der Waals surface area contributed by atoms with E-state index in [0.717, 1.165) is 10.3 Å². The largest absolute Gasteiger partial charge is 0.444 e. The Hall–Kier alpha value is -2.80. The average molecular weight is 746 g/mol. The van der Waals surface area contributed by atoms with Gasteiger partial charge in [-0.25, -0.2) is 31.4 Å². The number of sulfonamides is 1. The number of pyridine rings is 1. The molecule has 1 saturated heterocycles. The van der Waals surface area contributed by atoms with Crippen molar-refractivity contribution in [2.45, 2.75) is 114 Å². The summed E-state index contributed by atoms with van der Waals surface area (Å²) in [5.41, 5.74) is -1.00. The van der Waals surface area contributed by atoms with Crippen molar-refractivity contribution in [1.82, 2.24) is 28.8 Å². The van der Waals surface area contributed by atoms with E-state index in [9.17, 15) is 26.4 Å². The molecule has 0 radical (unpaired) electrons. The standard InChI is InChI=1S/C31H46F3N7O5S2Si/c1-19-15-38(16-20(2)41(19)29(42)46-30(3,4)5)22-12-21(17-39-23(22)14-35-26(39)28-37-36-27(47-28)25(33)34)48(43,44)40(31(6)13-24(31)32)18-45-10-11-49(7,8)9/h12,14,17,19-20,24-25H,10-11,13,15-16,18H2,1-9H3/t19-,20-,24?,31?/m0/s1. The molecule has 5 rings (SSSR count). The summed E-state index contributed by atoms with van der Waals surface area (Å²) in [6.45, 7) is 17.9. The van der Waals surface area contributed by atoms with Crippen molar-refractivity contribution in [3.8, 4) is 10.8 Å². The second-order valence-electron chi connectivity index (χ2n) is 15.4. The van der Waals surface area contributed by atoms with Gasteiger partial charge in [0.25, 0.3) is 6.43 Å². The number of hydrogen-bond acceptors (Lipinski definition) is 10. The highest BCUT2D eigenvalue weighted by molar-refractivity contribution is 7.89. The molecule has 49 heavy (non-hydrogen) atoms. The molecule has 0 aromatic carbocycles. The number of aromatic nitrogens is 4. The predicted molar refractivity (Wildman–Crippen MR) is 184 cm³/mol. The highest BCUT2D eigenvalue weighted by atomic mass is 32.2. The molecule has 4 atom stereocenters. The highest BCUT2D eigenvalue weighted by Gasteiger charge is 2.59. The van der Waals surface area contributed by atoms with Crippen LogP contribution in [0.2, 0.25) is 25.7 Å². The lowest BCUT2D eigenvalue weighted by Gasteiger charge is -2.45. The Kier molecular flexibility index (Phi) is 10.2. The smallest absolute Gasteiger partial charge is 0.410 e. The van der Waals surface area contributed by atoms with Gasteiger partial charge in [0.2, 0.25) is 10.0 Å². The summed E-state index contributed by atoms with van der Waals surface area (Å²) in [5, 5.41) is 7.10. The molecule has 1 aliphatic carbocycles. The van der Waals surface area contributed by atoms with Gasteiger partial charge in [-0.3, -0.25) is 9.30 Å². The first-order valence-electron chi connectivity index (χ1n) is 16.3. The molecule has 3 aromatic heterocycles. The van der Waals surface area contributed by atoms with Crippen LogP contribution in [0.25, 0.3) is 16.3 Å². The normalized spacial score (nSPS) is 23.6. The van der Waals surface area contributed by atoms with E-state index in [1.54, 1.807) is 32.6 Å². The van der Waals surface area contributed by atoms with Crippen LogP contribution in [0.3, 0.4) is 0 Å². The molecule has 18 heteroatoms. The van der Waals surface area contributed by atoms with E-state index < -0.39 is 52.9 Å². The number of nitrogens with zero attached hydrogens (tertiary/aromatic N) is 7. The number of ether oxygens (including phenoxy) is 2. The minimum atomic E-state index is -4.39. The number of piperazine rings is 1. The van der Waals surface area contributed by atoms with Crippen LogP contribution in [0.15, 0.2) is 23.4 Å². The minimum Gasteiger partial charge on any atom is -0.444 e. The topological polar surface area (TPSA) is 122 Å². The van der Waals surface area contributed by atoms with Gasteiger partial charge in [-0.2, -0.15) is 4.31 Å². The lowest BCUT2D eigenvalue weighted by atomic mass is 10.1. The van der Waals surface area contributed by atoms with Crippen LogP contribution in [0.1, 0.15) is 59.4 Å². The molecule has 12 nitrogen and oxygen atoms in total. The van der Waals surface area contributed by atoms with Crippen LogP contribution in [0.4, 0.5) is 23.7 Å². The Morgan fingerprint density at radius 1 is 1.18 bits per heavy atom. The SMILES string of the molecule is C[C@H]1CN(c2cc(S(=O)(=O)N(COCC[Si](C)(C)C)C3(C)CC3F)cn3c(-c4nnc(C(F)F)s4)ncc23)C[C@H](C)N1C(=O)OC(C)(C)C. The molecule has 2 fully saturated rings. The molecular weight excluding hydrogens is 700 g/mol. The second kappa shape index (κ2) is 13.4. The van der Waals surface area contributed by atoms with Gasteiger partial charge in [0.15, 0.2) is 15.8 Å². The van der Waals surface area contributed by atoms with Crippen LogP contribution in [0, 0.1) is 0 Å². The third-order valence-corrected chi connectivity index (χ3v) is 13.3. The zero-order valence-corrected chi connectivity index (χ0v) is 32.0. The first kappa shape index (κ1) is 37.5. The molecule has 0 spiro atoms. The van der Waals surface area contributed by atoms with E-state index >= 15 is 0 Å². The van der Waals surface area contributed by atoms with E-state index in [1.807, 2.05) is 18.7 Å². The number of fused-ring (bicyclic) bond motifs is 1. The van der Waals surface area contributed by atoms with Crippen molar-refractivity contribution in [2.24, 2.45) is 0 Å². The fourth-order valence-corrected chi connectivity index (χ4v) is 9.07. The number of alkyl halides is 3. The van der Waals surface area contributed by atoms with Crippen molar-refractivity contribution in [2.75, 3.05) is 31.3 Å². The van der Waals surface area contributed by atoms with Gasteiger partial charge in [0, 0.05) is 40.4 Å². The minimum absolute atomic E-state index is 0.0257. The lowest BCUT2D eigenvalue weighted by Crippen LogP contribution is -2.59. The van der Waals surface area contributed by atoms with Gasteiger partial charge in [0.1, 0.15) is 23.4 Å². The van der Waals surface area contributed by atoms with E-state index in [1.165, 1.54) is 22.9 Å². The molecule has 2 unspecified atom stereocenters. The van der Waals surface area contributed by atoms with Crippen molar-refractivity contribution >= 4 is 46.7 Å². The Morgan fingerprint density at radius 2 is 1.82 bits per heavy atom. The molecule has 0 N–H and O–H groups in total. The molecule has 4 heterocycles. The van der Waals surface area contributed by atoms with Crippen LogP contribution in [0.5, 0.6) is 0 Å². The zero-order valence-electron chi connectivity index (χ0n) is 29.4. The van der Waals surface area contributed by atoms with Gasteiger partial charge in [-0.1, -0.05) is 31.0 Å². The van der Waals surface area contributed by atoms with E-state index in [-0.39, 0.29) is 41.0 Å². The van der Waals surface area contributed by atoms with Gasteiger partial charge < -0.3 is 14.4 Å². The number of carbonyl (C=O) groups excluding carboxylic acids is 1. The predicted octanol–water partition coefficient (Wildman–Crippen LogP) is 6.43. The van der Waals surface area contributed by atoms with Crippen LogP contribution in [-0.4, -0.2) is 107 Å². The van der Waals surface area contributed by atoms with Crippen molar-refractivity contribution in [1.29, 1.82) is 0 Å². The van der Waals surface area contributed by atoms with Crippen molar-refractivity contribution < 1.29 is 35.9 Å². The monoisotopic (exact) mass is 745 g/mol. The summed E-state index contributed by atoms with van der Waals surface area (Å²) in [4.78, 5) is 21.1.